The Morgan fingerprint density at radius 2 is 2.00 bits per heavy atom. The molecule has 2 aromatic carbocycles. The second-order valence-corrected chi connectivity index (χ2v) is 6.31. The van der Waals surface area contributed by atoms with Gasteiger partial charge < -0.3 is 10.3 Å². The van der Waals surface area contributed by atoms with Gasteiger partial charge in [0.05, 0.1) is 0 Å². The molecule has 0 saturated heterocycles. The lowest BCUT2D eigenvalue weighted by Crippen LogP contribution is -2.16. The lowest BCUT2D eigenvalue weighted by atomic mass is 10.1. The Labute approximate surface area is 152 Å². The van der Waals surface area contributed by atoms with Gasteiger partial charge in [0.25, 0.3) is 5.91 Å². The number of rotatable bonds is 7. The highest BCUT2D eigenvalue weighted by Crippen LogP contribution is 2.19. The van der Waals surface area contributed by atoms with Gasteiger partial charge in [-0.05, 0) is 54.8 Å². The van der Waals surface area contributed by atoms with E-state index in [1.54, 1.807) is 11.6 Å². The molecule has 1 amide bonds. The molecule has 0 spiro atoms. The van der Waals surface area contributed by atoms with Gasteiger partial charge in [-0.25, -0.2) is 5.48 Å². The van der Waals surface area contributed by atoms with Gasteiger partial charge in [-0.2, -0.15) is 0 Å². The number of carbonyl (C=O) groups excluding carboxylic acids is 1. The fraction of sp³-hybridized carbons (Fsp3) is 0.190. The molecule has 0 radical (unpaired) electrons. The molecule has 26 heavy (non-hydrogen) atoms. The molecule has 0 aliphatic carbocycles. The first kappa shape index (κ1) is 17.9. The Morgan fingerprint density at radius 1 is 1.19 bits per heavy atom. The van der Waals surface area contributed by atoms with E-state index in [-0.39, 0.29) is 0 Å². The van der Waals surface area contributed by atoms with Gasteiger partial charge >= 0.3 is 0 Å². The third-order valence-electron chi connectivity index (χ3n) is 4.31. The number of fused-ring (bicyclic) bond motifs is 1. The van der Waals surface area contributed by atoms with Crippen LogP contribution in [0.4, 0.5) is 0 Å². The van der Waals surface area contributed by atoms with Crippen LogP contribution in [-0.4, -0.2) is 22.6 Å². The van der Waals surface area contributed by atoms with Crippen molar-refractivity contribution in [3.8, 4) is 0 Å². The van der Waals surface area contributed by atoms with Crippen molar-refractivity contribution in [2.24, 2.45) is 0 Å². The third-order valence-corrected chi connectivity index (χ3v) is 4.31. The SMILES string of the molecule is Cc1cc2c(CCNCc3ccc(/C=C/C(=O)NO)cc3)cccc2[nH]1. The number of benzene rings is 2. The van der Waals surface area contributed by atoms with Crippen LogP contribution in [0.15, 0.2) is 54.6 Å². The zero-order valence-corrected chi connectivity index (χ0v) is 14.8. The number of aromatic amines is 1. The number of hydrogen-bond donors (Lipinski definition) is 4. The van der Waals surface area contributed by atoms with E-state index >= 15 is 0 Å². The zero-order chi connectivity index (χ0) is 18.4. The monoisotopic (exact) mass is 349 g/mol. The number of amides is 1. The second-order valence-electron chi connectivity index (χ2n) is 6.31. The fourth-order valence-electron chi connectivity index (χ4n) is 2.99. The molecule has 3 rings (SSSR count). The Bertz CT molecular complexity index is 911. The van der Waals surface area contributed by atoms with Crippen LogP contribution in [-0.2, 0) is 17.8 Å². The zero-order valence-electron chi connectivity index (χ0n) is 14.8. The third kappa shape index (κ3) is 4.59. The maximum Gasteiger partial charge on any atom is 0.267 e. The number of hydroxylamine groups is 1. The van der Waals surface area contributed by atoms with Crippen molar-refractivity contribution < 1.29 is 10.0 Å². The van der Waals surface area contributed by atoms with Gasteiger partial charge in [0, 0.05) is 29.2 Å². The van der Waals surface area contributed by atoms with Crippen molar-refractivity contribution >= 4 is 22.9 Å². The van der Waals surface area contributed by atoms with E-state index in [4.69, 9.17) is 5.21 Å². The van der Waals surface area contributed by atoms with Crippen LogP contribution in [0.25, 0.3) is 17.0 Å². The van der Waals surface area contributed by atoms with Gasteiger partial charge in [-0.15, -0.1) is 0 Å². The summed E-state index contributed by atoms with van der Waals surface area (Å²) in [7, 11) is 0. The van der Waals surface area contributed by atoms with E-state index < -0.39 is 5.91 Å². The predicted octanol–water partition coefficient (Wildman–Crippen LogP) is 3.33. The van der Waals surface area contributed by atoms with E-state index in [1.165, 1.54) is 33.8 Å². The molecule has 0 unspecified atom stereocenters. The van der Waals surface area contributed by atoms with Gasteiger partial charge in [-0.1, -0.05) is 36.4 Å². The number of aryl methyl sites for hydroxylation is 1. The van der Waals surface area contributed by atoms with E-state index in [9.17, 15) is 4.79 Å². The van der Waals surface area contributed by atoms with Crippen LogP contribution < -0.4 is 10.8 Å². The minimum Gasteiger partial charge on any atom is -0.359 e. The van der Waals surface area contributed by atoms with Crippen molar-refractivity contribution in [2.45, 2.75) is 19.9 Å². The molecule has 0 aliphatic heterocycles. The maximum absolute atomic E-state index is 11.0. The summed E-state index contributed by atoms with van der Waals surface area (Å²) in [5.41, 5.74) is 7.39. The quantitative estimate of drug-likeness (QED) is 0.229. The molecule has 0 fully saturated rings. The lowest BCUT2D eigenvalue weighted by Gasteiger charge is -2.07. The molecular formula is C21H23N3O2. The molecule has 5 heteroatoms. The van der Waals surface area contributed by atoms with Crippen molar-refractivity contribution in [3.63, 3.8) is 0 Å². The first-order valence-electron chi connectivity index (χ1n) is 8.65. The topological polar surface area (TPSA) is 77.2 Å². The number of nitrogens with one attached hydrogen (secondary N) is 3. The normalized spacial score (nSPS) is 11.3. The van der Waals surface area contributed by atoms with Crippen molar-refractivity contribution in [2.75, 3.05) is 6.54 Å². The minimum absolute atomic E-state index is 0.539. The van der Waals surface area contributed by atoms with Crippen LogP contribution in [0.5, 0.6) is 0 Å². The highest BCUT2D eigenvalue weighted by atomic mass is 16.5. The Kier molecular flexibility index (Phi) is 5.84. The van der Waals surface area contributed by atoms with Crippen molar-refractivity contribution in [1.29, 1.82) is 0 Å². The molecule has 0 bridgehead atoms. The second kappa shape index (κ2) is 8.47. The van der Waals surface area contributed by atoms with E-state index in [1.807, 2.05) is 24.3 Å². The molecule has 0 saturated carbocycles. The molecule has 4 N–H and O–H groups in total. The summed E-state index contributed by atoms with van der Waals surface area (Å²) in [5.74, 6) is -0.539. The summed E-state index contributed by atoms with van der Waals surface area (Å²) >= 11 is 0. The first-order chi connectivity index (χ1) is 12.7. The summed E-state index contributed by atoms with van der Waals surface area (Å²) in [6.45, 7) is 3.78. The van der Waals surface area contributed by atoms with E-state index in [0.717, 1.165) is 25.1 Å². The fourth-order valence-corrected chi connectivity index (χ4v) is 2.99. The Balaban J connectivity index is 1.50. The molecule has 5 nitrogen and oxygen atoms in total. The largest absolute Gasteiger partial charge is 0.359 e. The molecule has 134 valence electrons. The van der Waals surface area contributed by atoms with Crippen molar-refractivity contribution in [3.05, 3.63) is 77.0 Å². The van der Waals surface area contributed by atoms with Gasteiger partial charge in [-0.3, -0.25) is 10.0 Å². The van der Waals surface area contributed by atoms with Gasteiger partial charge in [0.1, 0.15) is 0 Å². The standard InChI is InChI=1S/C21H23N3O2/c1-15-13-19-18(3-2-4-20(19)23-15)11-12-22-14-17-7-5-16(6-8-17)9-10-21(25)24-26/h2-10,13,22-23,26H,11-12,14H2,1H3,(H,24,25)/b10-9+. The minimum atomic E-state index is -0.539. The number of carbonyl (C=O) groups is 1. The Morgan fingerprint density at radius 3 is 2.77 bits per heavy atom. The number of aromatic nitrogens is 1. The molecular weight excluding hydrogens is 326 g/mol. The summed E-state index contributed by atoms with van der Waals surface area (Å²) in [4.78, 5) is 14.3. The summed E-state index contributed by atoms with van der Waals surface area (Å²) in [6, 6.07) is 16.5. The maximum atomic E-state index is 11.0. The highest BCUT2D eigenvalue weighted by molar-refractivity contribution is 5.90. The van der Waals surface area contributed by atoms with Crippen LogP contribution in [0.2, 0.25) is 0 Å². The average molecular weight is 349 g/mol. The average Bonchev–Trinajstić information content (AvgIpc) is 3.05. The molecule has 0 atom stereocenters. The smallest absolute Gasteiger partial charge is 0.267 e. The van der Waals surface area contributed by atoms with Crippen LogP contribution in [0.1, 0.15) is 22.4 Å². The summed E-state index contributed by atoms with van der Waals surface area (Å²) in [5, 5.41) is 13.2. The van der Waals surface area contributed by atoms with Crippen LogP contribution >= 0.6 is 0 Å². The molecule has 3 aromatic rings. The molecule has 1 heterocycles. The van der Waals surface area contributed by atoms with Crippen LogP contribution in [0.3, 0.4) is 0 Å². The van der Waals surface area contributed by atoms with E-state index in [0.29, 0.717) is 0 Å². The van der Waals surface area contributed by atoms with Gasteiger partial charge in [0.15, 0.2) is 0 Å². The predicted molar refractivity (Wildman–Crippen MR) is 104 cm³/mol. The summed E-state index contributed by atoms with van der Waals surface area (Å²) in [6.07, 6.45) is 3.92. The van der Waals surface area contributed by atoms with Crippen molar-refractivity contribution in [1.82, 2.24) is 15.8 Å². The molecule has 1 aromatic heterocycles. The highest BCUT2D eigenvalue weighted by Gasteiger charge is 2.03. The lowest BCUT2D eigenvalue weighted by molar-refractivity contribution is -0.124. The van der Waals surface area contributed by atoms with E-state index in [2.05, 4.69) is 41.5 Å². The van der Waals surface area contributed by atoms with Gasteiger partial charge in [0.2, 0.25) is 0 Å². The number of hydrogen-bond acceptors (Lipinski definition) is 3. The summed E-state index contributed by atoms with van der Waals surface area (Å²) < 4.78 is 0. The first-order valence-corrected chi connectivity index (χ1v) is 8.65. The van der Waals surface area contributed by atoms with Crippen LogP contribution in [0, 0.1) is 6.92 Å². The number of H-pyrrole nitrogens is 1. The Hall–Kier alpha value is -2.89. The molecule has 0 aliphatic rings.